The number of aromatic nitrogens is 5. The number of ether oxygens (including phenoxy) is 4. The van der Waals surface area contributed by atoms with Crippen LogP contribution in [-0.4, -0.2) is 58.1 Å². The zero-order valence-electron chi connectivity index (χ0n) is 21.3. The summed E-state index contributed by atoms with van der Waals surface area (Å²) in [6.45, 7) is 3.95. The van der Waals surface area contributed by atoms with Gasteiger partial charge in [0.25, 0.3) is 6.29 Å². The second kappa shape index (κ2) is 9.79. The van der Waals surface area contributed by atoms with Crippen molar-refractivity contribution in [1.82, 2.24) is 24.9 Å². The van der Waals surface area contributed by atoms with Gasteiger partial charge in [-0.3, -0.25) is 4.90 Å². The van der Waals surface area contributed by atoms with Gasteiger partial charge in [-0.1, -0.05) is 0 Å². The minimum absolute atomic E-state index is 0.00768. The minimum atomic E-state index is -0.948. The summed E-state index contributed by atoms with van der Waals surface area (Å²) in [6, 6.07) is 5.83. The van der Waals surface area contributed by atoms with Crippen LogP contribution in [0.25, 0.3) is 31.8 Å². The van der Waals surface area contributed by atoms with E-state index < -0.39 is 12.4 Å². The van der Waals surface area contributed by atoms with E-state index in [2.05, 4.69) is 19.9 Å². The molecule has 0 fully saturated rings. The van der Waals surface area contributed by atoms with Crippen molar-refractivity contribution in [2.45, 2.75) is 20.1 Å². The lowest BCUT2D eigenvalue weighted by atomic mass is 10.1. The van der Waals surface area contributed by atoms with Crippen LogP contribution in [0.1, 0.15) is 11.1 Å². The largest absolute Gasteiger partial charge is 0.480 e. The smallest absolute Gasteiger partial charge is 0.417 e. The predicted molar refractivity (Wildman–Crippen MR) is 146 cm³/mol. The van der Waals surface area contributed by atoms with Crippen LogP contribution in [-0.2, 0) is 4.74 Å². The van der Waals surface area contributed by atoms with E-state index in [1.54, 1.807) is 13.3 Å². The topological polar surface area (TPSA) is 122 Å². The molecule has 3 aromatic heterocycles. The first kappa shape index (κ1) is 25.0. The summed E-state index contributed by atoms with van der Waals surface area (Å²) in [5.41, 5.74) is 5.45. The first-order chi connectivity index (χ1) is 18.8. The number of halogens is 1. The third-order valence-corrected chi connectivity index (χ3v) is 7.39. The van der Waals surface area contributed by atoms with Crippen molar-refractivity contribution in [1.29, 1.82) is 0 Å². The molecule has 0 bridgehead atoms. The molecule has 0 radical (unpaired) electrons. The van der Waals surface area contributed by atoms with Crippen LogP contribution in [0.3, 0.4) is 0 Å². The van der Waals surface area contributed by atoms with Crippen molar-refractivity contribution in [2.24, 2.45) is 0 Å². The van der Waals surface area contributed by atoms with Crippen LogP contribution in [0.5, 0.6) is 17.4 Å². The van der Waals surface area contributed by atoms with Gasteiger partial charge in [-0.25, -0.2) is 29.7 Å². The number of fused-ring (bicyclic) bond motifs is 4. The van der Waals surface area contributed by atoms with Crippen LogP contribution in [0.2, 0.25) is 5.28 Å². The number of nitrogens with zero attached hydrogens (tertiary/aromatic N) is 6. The van der Waals surface area contributed by atoms with E-state index in [1.165, 1.54) is 35.7 Å². The van der Waals surface area contributed by atoms with Gasteiger partial charge in [0.05, 0.1) is 47.9 Å². The summed E-state index contributed by atoms with van der Waals surface area (Å²) in [4.78, 5) is 35.7. The lowest BCUT2D eigenvalue weighted by molar-refractivity contribution is -0.0718. The van der Waals surface area contributed by atoms with Crippen molar-refractivity contribution >= 4 is 56.0 Å². The molecule has 0 spiro atoms. The fourth-order valence-corrected chi connectivity index (χ4v) is 5.44. The molecular weight excluding hydrogens is 544 g/mol. The van der Waals surface area contributed by atoms with E-state index >= 15 is 0 Å². The standard InChI is InChI=1S/C26H21ClN6O5S/c1-12-5-15(21-16(6-12)31-18(35-4)10-28-21)24-32-20-13(2)7-17-22(23(20)39-24)36-11-19(37-17)38-26(34)33(3)14-8-29-25(27)30-9-14/h5-10,19H,11H2,1-4H3/t19-/m1/s1. The Morgan fingerprint density at radius 3 is 2.67 bits per heavy atom. The number of carbonyl (C=O) groups excluding carboxylic acids is 1. The molecule has 1 aliphatic heterocycles. The van der Waals surface area contributed by atoms with Crippen molar-refractivity contribution in [3.63, 3.8) is 0 Å². The van der Waals surface area contributed by atoms with Crippen LogP contribution < -0.4 is 19.1 Å². The van der Waals surface area contributed by atoms with Gasteiger partial charge in [-0.05, 0) is 54.8 Å². The fraction of sp³-hybridized carbons (Fsp3) is 0.231. The molecule has 39 heavy (non-hydrogen) atoms. The monoisotopic (exact) mass is 564 g/mol. The third-order valence-electron chi connectivity index (χ3n) is 6.11. The molecule has 198 valence electrons. The van der Waals surface area contributed by atoms with Gasteiger partial charge in [-0.15, -0.1) is 11.3 Å². The summed E-state index contributed by atoms with van der Waals surface area (Å²) in [7, 11) is 3.10. The van der Waals surface area contributed by atoms with Crippen LogP contribution in [0, 0.1) is 13.8 Å². The molecule has 0 aliphatic carbocycles. The van der Waals surface area contributed by atoms with Crippen LogP contribution >= 0.6 is 22.9 Å². The summed E-state index contributed by atoms with van der Waals surface area (Å²) in [5, 5.41) is 0.858. The summed E-state index contributed by atoms with van der Waals surface area (Å²) in [6.07, 6.45) is 2.84. The Bertz CT molecular complexity index is 1750. The van der Waals surface area contributed by atoms with Gasteiger partial charge in [0.15, 0.2) is 18.1 Å². The SMILES string of the molecule is COc1cnc2c(-c3nc4c(C)cc5c(c4s3)OC[C@@H](OC(=O)N(C)c3cnc(Cl)nc3)O5)cc(C)cc2n1. The molecule has 0 saturated carbocycles. The van der Waals surface area contributed by atoms with E-state index in [9.17, 15) is 4.79 Å². The van der Waals surface area contributed by atoms with Gasteiger partial charge in [0.2, 0.25) is 11.2 Å². The van der Waals surface area contributed by atoms with Gasteiger partial charge in [-0.2, -0.15) is 0 Å². The number of hydrogen-bond acceptors (Lipinski definition) is 11. The average Bonchev–Trinajstić information content (AvgIpc) is 3.38. The van der Waals surface area contributed by atoms with Crippen LogP contribution in [0.15, 0.2) is 36.8 Å². The number of carbonyl (C=O) groups is 1. The lowest BCUT2D eigenvalue weighted by Gasteiger charge is -2.28. The summed E-state index contributed by atoms with van der Waals surface area (Å²) >= 11 is 7.20. The number of rotatable bonds is 4. The van der Waals surface area contributed by atoms with E-state index in [0.29, 0.717) is 23.1 Å². The summed E-state index contributed by atoms with van der Waals surface area (Å²) in [5.74, 6) is 1.47. The maximum absolute atomic E-state index is 12.7. The lowest BCUT2D eigenvalue weighted by Crippen LogP contribution is -2.38. The van der Waals surface area contributed by atoms with Crippen molar-refractivity contribution in [2.75, 3.05) is 25.7 Å². The number of benzene rings is 2. The second-order valence-electron chi connectivity index (χ2n) is 8.82. The van der Waals surface area contributed by atoms with Crippen LogP contribution in [0.4, 0.5) is 10.5 Å². The molecule has 4 heterocycles. The van der Waals surface area contributed by atoms with E-state index in [0.717, 1.165) is 42.9 Å². The second-order valence-corrected chi connectivity index (χ2v) is 10.2. The molecule has 6 rings (SSSR count). The minimum Gasteiger partial charge on any atom is -0.480 e. The Hall–Kier alpha value is -4.29. The molecule has 1 atom stereocenters. The highest BCUT2D eigenvalue weighted by Crippen LogP contribution is 2.46. The van der Waals surface area contributed by atoms with E-state index in [1.807, 2.05) is 32.0 Å². The number of anilines is 1. The highest BCUT2D eigenvalue weighted by molar-refractivity contribution is 7.22. The Kier molecular flexibility index (Phi) is 6.28. The molecular formula is C26H21ClN6O5S. The Morgan fingerprint density at radius 2 is 1.90 bits per heavy atom. The number of thiazole rings is 1. The van der Waals surface area contributed by atoms with Gasteiger partial charge >= 0.3 is 6.09 Å². The van der Waals surface area contributed by atoms with E-state index in [4.69, 9.17) is 35.5 Å². The number of methoxy groups -OCH3 is 1. The normalized spacial score (nSPS) is 14.4. The fourth-order valence-electron chi connectivity index (χ4n) is 4.19. The molecule has 0 N–H and O–H groups in total. The number of amides is 1. The zero-order valence-corrected chi connectivity index (χ0v) is 22.8. The van der Waals surface area contributed by atoms with Crippen molar-refractivity contribution in [3.05, 3.63) is 53.2 Å². The maximum Gasteiger partial charge on any atom is 0.417 e. The zero-order chi connectivity index (χ0) is 27.3. The third kappa shape index (κ3) is 4.61. The first-order valence-electron chi connectivity index (χ1n) is 11.8. The number of aryl methyl sites for hydroxylation is 2. The predicted octanol–water partition coefficient (Wildman–Crippen LogP) is 5.35. The van der Waals surface area contributed by atoms with Gasteiger partial charge in [0, 0.05) is 12.6 Å². The summed E-state index contributed by atoms with van der Waals surface area (Å²) < 4.78 is 23.7. The average molecular weight is 565 g/mol. The maximum atomic E-state index is 12.7. The van der Waals surface area contributed by atoms with Gasteiger partial charge in [0.1, 0.15) is 9.71 Å². The molecule has 2 aromatic carbocycles. The molecule has 1 amide bonds. The van der Waals surface area contributed by atoms with Crippen molar-refractivity contribution < 1.29 is 23.7 Å². The highest BCUT2D eigenvalue weighted by atomic mass is 35.5. The van der Waals surface area contributed by atoms with Gasteiger partial charge < -0.3 is 18.9 Å². The molecule has 1 aliphatic rings. The molecule has 13 heteroatoms. The first-order valence-corrected chi connectivity index (χ1v) is 13.0. The molecule has 0 saturated heterocycles. The highest BCUT2D eigenvalue weighted by Gasteiger charge is 2.30. The Morgan fingerprint density at radius 1 is 1.10 bits per heavy atom. The Balaban J connectivity index is 1.30. The molecule has 5 aromatic rings. The van der Waals surface area contributed by atoms with E-state index in [-0.39, 0.29) is 11.9 Å². The molecule has 11 nitrogen and oxygen atoms in total. The quantitative estimate of drug-likeness (QED) is 0.264. The number of hydrogen-bond donors (Lipinski definition) is 0. The molecule has 0 unspecified atom stereocenters. The Labute approximate surface area is 231 Å². The van der Waals surface area contributed by atoms with Crippen molar-refractivity contribution in [3.8, 4) is 28.0 Å².